The topological polar surface area (TPSA) is 60.2 Å². The van der Waals surface area contributed by atoms with E-state index in [0.29, 0.717) is 12.0 Å². The van der Waals surface area contributed by atoms with Crippen LogP contribution in [0.2, 0.25) is 0 Å². The number of aldehydes is 1. The van der Waals surface area contributed by atoms with E-state index >= 15 is 0 Å². The minimum atomic E-state index is -0.416. The Hall–Kier alpha value is -3.79. The second kappa shape index (κ2) is 8.07. The number of carbonyl (C=O) groups excluding carboxylic acids is 1. The molecule has 142 valence electrons. The smallest absolute Gasteiger partial charge is 0.269 e. The van der Waals surface area contributed by atoms with Crippen LogP contribution in [0.3, 0.4) is 0 Å². The number of carbonyl (C=O) groups is 1. The van der Waals surface area contributed by atoms with Gasteiger partial charge in [0.25, 0.3) is 5.69 Å². The molecule has 0 saturated heterocycles. The summed E-state index contributed by atoms with van der Waals surface area (Å²) in [6, 6.07) is 25.1. The Morgan fingerprint density at radius 2 is 1.41 bits per heavy atom. The van der Waals surface area contributed by atoms with Crippen LogP contribution in [0.1, 0.15) is 23.5 Å². The van der Waals surface area contributed by atoms with Crippen molar-refractivity contribution in [3.05, 3.63) is 118 Å². The SMILES string of the molecule is O=CC1=CC=C(c2ccc(-c3ccccc3)cc2)CC1c1ccc([N+](=O)[O-])cc1. The predicted octanol–water partition coefficient (Wildman–Crippen LogP) is 5.96. The molecule has 0 aromatic heterocycles. The highest BCUT2D eigenvalue weighted by atomic mass is 16.6. The summed E-state index contributed by atoms with van der Waals surface area (Å²) < 4.78 is 0. The summed E-state index contributed by atoms with van der Waals surface area (Å²) in [5.41, 5.74) is 6.21. The van der Waals surface area contributed by atoms with Crippen molar-refractivity contribution in [2.24, 2.45) is 0 Å². The molecule has 0 radical (unpaired) electrons. The third-order valence-corrected chi connectivity index (χ3v) is 5.31. The van der Waals surface area contributed by atoms with E-state index in [2.05, 4.69) is 36.4 Å². The van der Waals surface area contributed by atoms with E-state index in [-0.39, 0.29) is 11.6 Å². The minimum absolute atomic E-state index is 0.0495. The van der Waals surface area contributed by atoms with Gasteiger partial charge in [-0.05, 0) is 39.8 Å². The molecule has 1 unspecified atom stereocenters. The van der Waals surface area contributed by atoms with Crippen LogP contribution in [0.15, 0.2) is 96.6 Å². The van der Waals surface area contributed by atoms with Gasteiger partial charge in [-0.25, -0.2) is 0 Å². The first-order chi connectivity index (χ1) is 14.2. The minimum Gasteiger partial charge on any atom is -0.298 e. The molecule has 4 rings (SSSR count). The molecule has 3 aromatic rings. The fourth-order valence-electron chi connectivity index (χ4n) is 3.70. The number of nitro benzene ring substituents is 1. The highest BCUT2D eigenvalue weighted by Gasteiger charge is 2.22. The molecule has 0 heterocycles. The summed E-state index contributed by atoms with van der Waals surface area (Å²) in [6.45, 7) is 0. The molecular weight excluding hydrogens is 362 g/mol. The Morgan fingerprint density at radius 1 is 0.793 bits per heavy atom. The van der Waals surface area contributed by atoms with Crippen molar-refractivity contribution in [2.45, 2.75) is 12.3 Å². The maximum absolute atomic E-state index is 11.6. The molecule has 0 aliphatic heterocycles. The van der Waals surface area contributed by atoms with E-state index in [1.165, 1.54) is 17.7 Å². The second-order valence-electron chi connectivity index (χ2n) is 7.03. The van der Waals surface area contributed by atoms with Crippen molar-refractivity contribution in [3.63, 3.8) is 0 Å². The van der Waals surface area contributed by atoms with Crippen molar-refractivity contribution in [2.75, 3.05) is 0 Å². The number of nitro groups is 1. The van der Waals surface area contributed by atoms with E-state index in [1.807, 2.05) is 30.4 Å². The Balaban J connectivity index is 1.60. The number of non-ortho nitro benzene ring substituents is 1. The quantitative estimate of drug-likeness (QED) is 0.311. The van der Waals surface area contributed by atoms with E-state index in [9.17, 15) is 14.9 Å². The van der Waals surface area contributed by atoms with Gasteiger partial charge >= 0.3 is 0 Å². The van der Waals surface area contributed by atoms with Crippen LogP contribution < -0.4 is 0 Å². The third kappa shape index (κ3) is 3.92. The Kier molecular flexibility index (Phi) is 5.16. The number of hydrogen-bond acceptors (Lipinski definition) is 3. The van der Waals surface area contributed by atoms with Gasteiger partial charge in [0.2, 0.25) is 0 Å². The van der Waals surface area contributed by atoms with Crippen LogP contribution in [-0.2, 0) is 4.79 Å². The Labute approximate surface area is 169 Å². The molecule has 3 aromatic carbocycles. The van der Waals surface area contributed by atoms with Crippen LogP contribution in [0, 0.1) is 10.1 Å². The fraction of sp³-hybridized carbons (Fsp3) is 0.0800. The molecule has 4 nitrogen and oxygen atoms in total. The summed E-state index contributed by atoms with van der Waals surface area (Å²) in [7, 11) is 0. The summed E-state index contributed by atoms with van der Waals surface area (Å²) in [5.74, 6) is -0.109. The van der Waals surface area contributed by atoms with Crippen LogP contribution in [0.25, 0.3) is 16.7 Å². The van der Waals surface area contributed by atoms with E-state index in [0.717, 1.165) is 28.5 Å². The van der Waals surface area contributed by atoms with Crippen LogP contribution in [0.4, 0.5) is 5.69 Å². The van der Waals surface area contributed by atoms with Crippen molar-refractivity contribution in [1.29, 1.82) is 0 Å². The van der Waals surface area contributed by atoms with Gasteiger partial charge in [0, 0.05) is 18.1 Å². The molecule has 0 spiro atoms. The van der Waals surface area contributed by atoms with Gasteiger partial charge in [0.1, 0.15) is 6.29 Å². The summed E-state index contributed by atoms with van der Waals surface area (Å²) >= 11 is 0. The van der Waals surface area contributed by atoms with Gasteiger partial charge in [-0.1, -0.05) is 78.9 Å². The largest absolute Gasteiger partial charge is 0.298 e. The monoisotopic (exact) mass is 381 g/mol. The summed E-state index contributed by atoms with van der Waals surface area (Å²) in [4.78, 5) is 22.0. The number of nitrogens with zero attached hydrogens (tertiary/aromatic N) is 1. The average molecular weight is 381 g/mol. The molecule has 0 fully saturated rings. The lowest BCUT2D eigenvalue weighted by molar-refractivity contribution is -0.384. The van der Waals surface area contributed by atoms with E-state index in [1.54, 1.807) is 12.1 Å². The molecular formula is C25H19NO3. The third-order valence-electron chi connectivity index (χ3n) is 5.31. The zero-order valence-electron chi connectivity index (χ0n) is 15.7. The first-order valence-electron chi connectivity index (χ1n) is 9.42. The van der Waals surface area contributed by atoms with E-state index in [4.69, 9.17) is 0 Å². The van der Waals surface area contributed by atoms with Crippen LogP contribution >= 0.6 is 0 Å². The van der Waals surface area contributed by atoms with Gasteiger partial charge in [0.05, 0.1) is 4.92 Å². The predicted molar refractivity (Wildman–Crippen MR) is 114 cm³/mol. The average Bonchev–Trinajstić information content (AvgIpc) is 2.79. The van der Waals surface area contributed by atoms with Gasteiger partial charge in [-0.15, -0.1) is 0 Å². The lowest BCUT2D eigenvalue weighted by Crippen LogP contribution is -2.08. The molecule has 0 amide bonds. The van der Waals surface area contributed by atoms with Crippen LogP contribution in [-0.4, -0.2) is 11.2 Å². The first kappa shape index (κ1) is 18.6. The number of allylic oxidation sites excluding steroid dienone is 4. The zero-order valence-corrected chi connectivity index (χ0v) is 15.7. The Morgan fingerprint density at radius 3 is 2.03 bits per heavy atom. The highest BCUT2D eigenvalue weighted by Crippen LogP contribution is 2.38. The lowest BCUT2D eigenvalue weighted by atomic mass is 9.80. The molecule has 0 saturated carbocycles. The molecule has 4 heteroatoms. The van der Waals surface area contributed by atoms with Crippen molar-refractivity contribution in [1.82, 2.24) is 0 Å². The molecule has 0 bridgehead atoms. The van der Waals surface area contributed by atoms with Gasteiger partial charge in [0.15, 0.2) is 0 Å². The molecule has 29 heavy (non-hydrogen) atoms. The summed E-state index contributed by atoms with van der Waals surface area (Å²) in [5, 5.41) is 10.9. The number of rotatable bonds is 5. The molecule has 1 aliphatic rings. The standard InChI is InChI=1S/C25H19NO3/c27-17-23-11-10-22(16-25(23)21-12-14-24(15-13-21)26(28)29)20-8-6-19(7-9-20)18-4-2-1-3-5-18/h1-15,17,25H,16H2. The lowest BCUT2D eigenvalue weighted by Gasteiger charge is -2.23. The maximum atomic E-state index is 11.6. The van der Waals surface area contributed by atoms with E-state index < -0.39 is 4.92 Å². The molecule has 1 atom stereocenters. The molecule has 0 N–H and O–H groups in total. The normalized spacial score (nSPS) is 15.9. The first-order valence-corrected chi connectivity index (χ1v) is 9.42. The van der Waals surface area contributed by atoms with Crippen molar-refractivity contribution < 1.29 is 9.72 Å². The number of benzene rings is 3. The van der Waals surface area contributed by atoms with Gasteiger partial charge in [-0.2, -0.15) is 0 Å². The Bertz CT molecular complexity index is 1100. The van der Waals surface area contributed by atoms with Gasteiger partial charge in [-0.3, -0.25) is 14.9 Å². The zero-order chi connectivity index (χ0) is 20.2. The summed E-state index contributed by atoms with van der Waals surface area (Å²) in [6.07, 6.45) is 5.39. The second-order valence-corrected chi connectivity index (χ2v) is 7.03. The molecule has 1 aliphatic carbocycles. The highest BCUT2D eigenvalue weighted by molar-refractivity contribution is 5.82. The number of hydrogen-bond donors (Lipinski definition) is 0. The van der Waals surface area contributed by atoms with Crippen LogP contribution in [0.5, 0.6) is 0 Å². The fourth-order valence-corrected chi connectivity index (χ4v) is 3.70. The maximum Gasteiger partial charge on any atom is 0.269 e. The van der Waals surface area contributed by atoms with Crippen molar-refractivity contribution >= 4 is 17.5 Å². The van der Waals surface area contributed by atoms with Crippen molar-refractivity contribution in [3.8, 4) is 11.1 Å². The van der Waals surface area contributed by atoms with Gasteiger partial charge < -0.3 is 0 Å².